The minimum Gasteiger partial charge on any atom is -0.494 e. The molecule has 4 aromatic carbocycles. The highest BCUT2D eigenvalue weighted by Crippen LogP contribution is 2.35. The van der Waals surface area contributed by atoms with Crippen molar-refractivity contribution in [2.75, 3.05) is 69.7 Å². The molecule has 0 saturated carbocycles. The van der Waals surface area contributed by atoms with E-state index in [-0.39, 0.29) is 72.6 Å². The zero-order valence-electron chi connectivity index (χ0n) is 37.8. The van der Waals surface area contributed by atoms with Gasteiger partial charge in [0.1, 0.15) is 46.4 Å². The number of nitrogens with zero attached hydrogens (tertiary/aromatic N) is 5. The number of halogens is 6. The fraction of sp³-hybridized carbons (Fsp3) is 0.167. The molecule has 3 heterocycles. The smallest absolute Gasteiger partial charge is 0.259 e. The van der Waals surface area contributed by atoms with Crippen molar-refractivity contribution in [3.05, 3.63) is 162 Å². The van der Waals surface area contributed by atoms with Crippen LogP contribution in [0.2, 0.25) is 20.1 Å². The summed E-state index contributed by atoms with van der Waals surface area (Å²) in [5.41, 5.74) is 0.384. The first-order chi connectivity index (χ1) is 33.4. The number of methoxy groups -OCH3 is 2. The molecule has 0 spiro atoms. The molecule has 16 nitrogen and oxygen atoms in total. The van der Waals surface area contributed by atoms with Crippen LogP contribution in [-0.4, -0.2) is 104 Å². The number of anilines is 4. The lowest BCUT2D eigenvalue weighted by Gasteiger charge is -2.33. The fourth-order valence-electron chi connectivity index (χ4n) is 6.72. The number of rotatable bonds is 12. The number of likely N-dealkylation sites (tertiary alicyclic amines) is 1. The minimum atomic E-state index is -0.802. The second kappa shape index (κ2) is 23.3. The van der Waals surface area contributed by atoms with Crippen LogP contribution in [0.3, 0.4) is 0 Å². The fourth-order valence-corrected chi connectivity index (χ4v) is 7.36. The quantitative estimate of drug-likeness (QED) is 0.0580. The molecule has 70 heavy (non-hydrogen) atoms. The second-order valence-electron chi connectivity index (χ2n) is 15.1. The molecule has 7 rings (SSSR count). The highest BCUT2D eigenvalue weighted by molar-refractivity contribution is 6.32. The summed E-state index contributed by atoms with van der Waals surface area (Å²) in [7, 11) is 7.85. The van der Waals surface area contributed by atoms with Crippen LogP contribution < -0.4 is 30.7 Å². The highest BCUT2D eigenvalue weighted by atomic mass is 35.5. The average molecular weight is 1030 g/mol. The number of amides is 4. The van der Waals surface area contributed by atoms with E-state index >= 15 is 0 Å². The van der Waals surface area contributed by atoms with Crippen molar-refractivity contribution in [2.24, 2.45) is 4.99 Å². The monoisotopic (exact) mass is 1030 g/mol. The maximum Gasteiger partial charge on any atom is 0.259 e. The third kappa shape index (κ3) is 12.6. The number of aliphatic imine (C=N–C) groups is 1. The average Bonchev–Trinajstić information content (AvgIpc) is 3.30. The van der Waals surface area contributed by atoms with E-state index in [0.717, 1.165) is 25.6 Å². The molecule has 0 aliphatic carbocycles. The van der Waals surface area contributed by atoms with Crippen molar-refractivity contribution in [3.8, 4) is 11.5 Å². The Kier molecular flexibility index (Phi) is 17.3. The van der Waals surface area contributed by atoms with Gasteiger partial charge >= 0.3 is 0 Å². The Morgan fingerprint density at radius 1 is 0.614 bits per heavy atom. The first-order valence-corrected chi connectivity index (χ1v) is 22.2. The number of carbonyl (C=O) groups excluding carboxylic acids is 4. The maximum absolute atomic E-state index is 14.9. The molecule has 6 aromatic rings. The molecule has 1 aliphatic heterocycles. The molecule has 0 atom stereocenters. The summed E-state index contributed by atoms with van der Waals surface area (Å²) < 4.78 is 40.4. The third-order valence-electron chi connectivity index (χ3n) is 10.2. The zero-order valence-corrected chi connectivity index (χ0v) is 40.8. The van der Waals surface area contributed by atoms with Crippen LogP contribution in [0, 0.1) is 17.0 Å². The first-order valence-electron chi connectivity index (χ1n) is 20.7. The van der Waals surface area contributed by atoms with E-state index < -0.39 is 35.3 Å². The van der Waals surface area contributed by atoms with Crippen molar-refractivity contribution >= 4 is 105 Å². The minimum absolute atomic E-state index is 0.00478. The van der Waals surface area contributed by atoms with E-state index in [2.05, 4.69) is 36.2 Å². The number of pyridine rings is 2. The molecule has 1 aliphatic rings. The lowest BCUT2D eigenvalue weighted by Crippen LogP contribution is -2.42. The van der Waals surface area contributed by atoms with E-state index in [4.69, 9.17) is 61.3 Å². The number of benzene rings is 4. The van der Waals surface area contributed by atoms with Gasteiger partial charge in [0.2, 0.25) is 0 Å². The molecule has 0 unspecified atom stereocenters. The summed E-state index contributed by atoms with van der Waals surface area (Å²) in [4.78, 5) is 67.7. The van der Waals surface area contributed by atoms with Gasteiger partial charge in [0.25, 0.3) is 23.6 Å². The van der Waals surface area contributed by atoms with Gasteiger partial charge in [-0.25, -0.2) is 18.7 Å². The Balaban J connectivity index is 0.000000230. The summed E-state index contributed by atoms with van der Waals surface area (Å²) >= 11 is 24.0. The van der Waals surface area contributed by atoms with E-state index in [9.17, 15) is 28.0 Å². The lowest BCUT2D eigenvalue weighted by molar-refractivity contribution is 0.100. The van der Waals surface area contributed by atoms with Gasteiger partial charge in [0.05, 0.1) is 57.9 Å². The lowest BCUT2D eigenvalue weighted by atomic mass is 10.1. The molecule has 5 N–H and O–H groups in total. The van der Waals surface area contributed by atoms with Gasteiger partial charge < -0.3 is 40.5 Å². The summed E-state index contributed by atoms with van der Waals surface area (Å²) in [6.45, 7) is 1.49. The van der Waals surface area contributed by atoms with Crippen molar-refractivity contribution in [1.29, 1.82) is 5.41 Å². The van der Waals surface area contributed by atoms with Crippen molar-refractivity contribution in [1.82, 2.24) is 19.8 Å². The zero-order chi connectivity index (χ0) is 50.8. The van der Waals surface area contributed by atoms with Crippen LogP contribution in [0.1, 0.15) is 59.0 Å². The summed E-state index contributed by atoms with van der Waals surface area (Å²) in [6, 6.07) is 19.8. The molecule has 0 bridgehead atoms. The standard InChI is InChI=1S/C24H20Cl2FN5O3.C24H22Cl2FN5O3/c1-35-19-11-15(26)10-17(24(34)30-20-6-4-14(25)12-29-20)21(19)31-23(33)16-5-3-13(9-18(16)27)22(28)32-7-2-8-32;1-28-22(32(2)3)13-5-7-16(18(27)9-13)23(33)31-21-17(10-15(26)11-19(21)35-4)24(34)30-20-8-6-14(25)12-29-20/h3-6,9-12,28H,2,7-8H2,1H3,(H,31,33)(H,29,30,34);5-12H,1-4H3,(H,31,33)(H,29,30,34). The predicted molar refractivity (Wildman–Crippen MR) is 268 cm³/mol. The molecule has 1 fully saturated rings. The van der Waals surface area contributed by atoms with Crippen LogP contribution in [0.15, 0.2) is 102 Å². The molecule has 362 valence electrons. The van der Waals surface area contributed by atoms with E-state index in [1.54, 1.807) is 44.2 Å². The number of hydrogen-bond donors (Lipinski definition) is 5. The number of ether oxygens (including phenoxy) is 2. The van der Waals surface area contributed by atoms with Crippen molar-refractivity contribution < 1.29 is 37.4 Å². The van der Waals surface area contributed by atoms with E-state index in [1.165, 1.54) is 87.3 Å². The van der Waals surface area contributed by atoms with Crippen molar-refractivity contribution in [2.45, 2.75) is 6.42 Å². The number of nitrogens with one attached hydrogen (secondary N) is 5. The third-order valence-corrected chi connectivity index (χ3v) is 11.1. The summed E-state index contributed by atoms with van der Waals surface area (Å²) in [6.07, 6.45) is 3.72. The van der Waals surface area contributed by atoms with Gasteiger partial charge in [-0.05, 0) is 67.1 Å². The van der Waals surface area contributed by atoms with Gasteiger partial charge in [-0.3, -0.25) is 29.6 Å². The Hall–Kier alpha value is -7.38. The Morgan fingerprint density at radius 3 is 1.40 bits per heavy atom. The van der Waals surface area contributed by atoms with E-state index in [1.807, 2.05) is 4.90 Å². The number of hydrogen-bond acceptors (Lipinski definition) is 10. The number of amidine groups is 2. The topological polar surface area (TPSA) is 203 Å². The van der Waals surface area contributed by atoms with Crippen LogP contribution in [0.5, 0.6) is 11.5 Å². The largest absolute Gasteiger partial charge is 0.494 e. The Labute approximate surface area is 420 Å². The molecule has 2 aromatic heterocycles. The van der Waals surface area contributed by atoms with Crippen LogP contribution >= 0.6 is 46.4 Å². The SMILES string of the molecule is CN=C(c1ccc(C(=O)Nc2c(OC)cc(Cl)cc2C(=O)Nc2ccc(Cl)cn2)c(F)c1)N(C)C.COc1cc(Cl)cc(C(=O)Nc2ccc(Cl)cn2)c1NC(=O)c1ccc(C(=N)N2CCC2)cc1F. The molecule has 1 saturated heterocycles. The van der Waals surface area contributed by atoms with E-state index in [0.29, 0.717) is 27.0 Å². The number of aromatic nitrogens is 2. The van der Waals surface area contributed by atoms with Gasteiger partial charge in [-0.15, -0.1) is 0 Å². The Bertz CT molecular complexity index is 3010. The van der Waals surface area contributed by atoms with Gasteiger partial charge in [0.15, 0.2) is 0 Å². The van der Waals surface area contributed by atoms with Crippen LogP contribution in [0.25, 0.3) is 0 Å². The number of carbonyl (C=O) groups is 4. The van der Waals surface area contributed by atoms with Gasteiger partial charge in [-0.2, -0.15) is 0 Å². The molecular formula is C48H42Cl4F2N10O6. The highest BCUT2D eigenvalue weighted by Gasteiger charge is 2.26. The molecule has 4 amide bonds. The Morgan fingerprint density at radius 2 is 1.04 bits per heavy atom. The maximum atomic E-state index is 14.9. The summed E-state index contributed by atoms with van der Waals surface area (Å²) in [5.74, 6) is -2.97. The second-order valence-corrected chi connectivity index (χ2v) is 16.9. The van der Waals surface area contributed by atoms with Gasteiger partial charge in [-0.1, -0.05) is 58.5 Å². The summed E-state index contributed by atoms with van der Waals surface area (Å²) in [5, 5.41) is 19.7. The molecule has 0 radical (unpaired) electrons. The predicted octanol–water partition coefficient (Wildman–Crippen LogP) is 10.1. The first kappa shape index (κ1) is 52.0. The molecular weight excluding hydrogens is 992 g/mol. The normalized spacial score (nSPS) is 11.8. The van der Waals surface area contributed by atoms with Crippen LogP contribution in [-0.2, 0) is 0 Å². The van der Waals surface area contributed by atoms with Crippen molar-refractivity contribution in [3.63, 3.8) is 0 Å². The molecule has 22 heteroatoms. The van der Waals surface area contributed by atoms with Crippen LogP contribution in [0.4, 0.5) is 31.8 Å². The van der Waals surface area contributed by atoms with Gasteiger partial charge in [0, 0.05) is 79.9 Å².